The zero-order valence-corrected chi connectivity index (χ0v) is 19.9. The molecule has 0 unspecified atom stereocenters. The molecule has 0 amide bonds. The molecule has 11 heteroatoms. The van der Waals surface area contributed by atoms with Gasteiger partial charge in [0.15, 0.2) is 11.5 Å². The van der Waals surface area contributed by atoms with E-state index in [4.69, 9.17) is 14.2 Å². The van der Waals surface area contributed by atoms with Crippen LogP contribution < -0.4 is 25.1 Å². The second-order valence-electron chi connectivity index (χ2n) is 7.00. The lowest BCUT2D eigenvalue weighted by Gasteiger charge is -2.27. The van der Waals surface area contributed by atoms with Gasteiger partial charge in [-0.05, 0) is 42.0 Å². The van der Waals surface area contributed by atoms with Crippen LogP contribution in [-0.4, -0.2) is 61.7 Å². The van der Waals surface area contributed by atoms with Gasteiger partial charge >= 0.3 is 0 Å². The third kappa shape index (κ3) is 6.08. The van der Waals surface area contributed by atoms with E-state index in [-0.39, 0.29) is 0 Å². The maximum atomic E-state index is 5.45. The highest BCUT2D eigenvalue weighted by molar-refractivity contribution is 9.10. The van der Waals surface area contributed by atoms with Gasteiger partial charge in [0.2, 0.25) is 17.8 Å². The Hall–Kier alpha value is -3.44. The van der Waals surface area contributed by atoms with Crippen molar-refractivity contribution in [2.45, 2.75) is 0 Å². The van der Waals surface area contributed by atoms with Gasteiger partial charge in [0.1, 0.15) is 0 Å². The smallest absolute Gasteiger partial charge is 0.250 e. The molecule has 2 heterocycles. The van der Waals surface area contributed by atoms with E-state index in [1.807, 2.05) is 42.5 Å². The lowest BCUT2D eigenvalue weighted by Crippen LogP contribution is -2.37. The molecule has 10 nitrogen and oxygen atoms in total. The fourth-order valence-electron chi connectivity index (χ4n) is 3.17. The Morgan fingerprint density at radius 1 is 1.00 bits per heavy atom. The first-order valence-corrected chi connectivity index (χ1v) is 11.1. The third-order valence-electron chi connectivity index (χ3n) is 4.78. The van der Waals surface area contributed by atoms with Crippen LogP contribution >= 0.6 is 15.9 Å². The number of nitrogens with one attached hydrogen (secondary N) is 2. The van der Waals surface area contributed by atoms with Crippen molar-refractivity contribution >= 4 is 45.7 Å². The number of hydrogen-bond acceptors (Lipinski definition) is 10. The molecule has 2 N–H and O–H groups in total. The Balaban J connectivity index is 1.56. The molecular formula is C22H24BrN7O3. The van der Waals surface area contributed by atoms with Crippen molar-refractivity contribution in [1.29, 1.82) is 0 Å². The highest BCUT2D eigenvalue weighted by Gasteiger charge is 2.17. The van der Waals surface area contributed by atoms with Crippen LogP contribution in [0.5, 0.6) is 11.5 Å². The molecule has 0 aliphatic carbocycles. The van der Waals surface area contributed by atoms with Gasteiger partial charge in [0, 0.05) is 23.2 Å². The lowest BCUT2D eigenvalue weighted by atomic mass is 10.2. The van der Waals surface area contributed by atoms with Crippen molar-refractivity contribution in [3.8, 4) is 11.5 Å². The Kier molecular flexibility index (Phi) is 7.53. The average Bonchev–Trinajstić information content (AvgIpc) is 2.84. The third-order valence-corrected chi connectivity index (χ3v) is 5.28. The minimum atomic E-state index is 0.320. The molecule has 1 fully saturated rings. The Bertz CT molecular complexity index is 1120. The van der Waals surface area contributed by atoms with Crippen molar-refractivity contribution in [3.05, 3.63) is 52.5 Å². The number of anilines is 4. The standard InChI is InChI=1S/C22H24BrN7O3/c1-31-18-7-6-15(12-19(18)32-2)14-24-29-21-26-20(25-17-5-3-4-16(23)13-17)27-22(28-21)30-8-10-33-11-9-30/h3-7,12-14H,8-11H2,1-2H3,(H2,25,26,27,28,29)/b24-14+. The van der Waals surface area contributed by atoms with Crippen LogP contribution in [0, 0.1) is 0 Å². The summed E-state index contributed by atoms with van der Waals surface area (Å²) >= 11 is 3.48. The Labute approximate surface area is 200 Å². The number of hydrazone groups is 1. The number of hydrogen-bond donors (Lipinski definition) is 2. The van der Waals surface area contributed by atoms with Gasteiger partial charge in [-0.15, -0.1) is 0 Å². The molecular weight excluding hydrogens is 490 g/mol. The zero-order chi connectivity index (χ0) is 23.0. The predicted molar refractivity (Wildman–Crippen MR) is 131 cm³/mol. The number of aromatic nitrogens is 3. The van der Waals surface area contributed by atoms with Gasteiger partial charge in [-0.25, -0.2) is 5.43 Å². The molecule has 2 aromatic carbocycles. The van der Waals surface area contributed by atoms with E-state index in [0.717, 1.165) is 15.7 Å². The SMILES string of the molecule is COc1ccc(/C=N/Nc2nc(Nc3cccc(Br)c3)nc(N3CCOCC3)n2)cc1OC. The van der Waals surface area contributed by atoms with Gasteiger partial charge in [-0.3, -0.25) is 0 Å². The van der Waals surface area contributed by atoms with E-state index in [2.05, 4.69) is 51.6 Å². The molecule has 1 aliphatic rings. The van der Waals surface area contributed by atoms with Crippen LogP contribution in [0.1, 0.15) is 5.56 Å². The van der Waals surface area contributed by atoms with E-state index >= 15 is 0 Å². The van der Waals surface area contributed by atoms with E-state index in [1.54, 1.807) is 20.4 Å². The lowest BCUT2D eigenvalue weighted by molar-refractivity contribution is 0.122. The summed E-state index contributed by atoms with van der Waals surface area (Å²) in [5.74, 6) is 2.55. The summed E-state index contributed by atoms with van der Waals surface area (Å²) < 4.78 is 17.0. The number of nitrogens with zero attached hydrogens (tertiary/aromatic N) is 5. The largest absolute Gasteiger partial charge is 0.493 e. The fourth-order valence-corrected chi connectivity index (χ4v) is 3.57. The van der Waals surface area contributed by atoms with Crippen LogP contribution in [0.2, 0.25) is 0 Å². The average molecular weight is 514 g/mol. The van der Waals surface area contributed by atoms with Gasteiger partial charge in [-0.2, -0.15) is 20.1 Å². The molecule has 0 saturated carbocycles. The molecule has 0 spiro atoms. The van der Waals surface area contributed by atoms with E-state index in [0.29, 0.717) is 55.6 Å². The van der Waals surface area contributed by atoms with Crippen molar-refractivity contribution in [1.82, 2.24) is 15.0 Å². The number of rotatable bonds is 8. The summed E-state index contributed by atoms with van der Waals surface area (Å²) in [6.07, 6.45) is 1.65. The van der Waals surface area contributed by atoms with E-state index in [9.17, 15) is 0 Å². The highest BCUT2D eigenvalue weighted by Crippen LogP contribution is 2.27. The monoisotopic (exact) mass is 513 g/mol. The summed E-state index contributed by atoms with van der Waals surface area (Å²) in [7, 11) is 3.19. The first kappa shape index (κ1) is 22.7. The maximum absolute atomic E-state index is 5.45. The second kappa shape index (κ2) is 10.9. The minimum Gasteiger partial charge on any atom is -0.493 e. The number of methoxy groups -OCH3 is 2. The maximum Gasteiger partial charge on any atom is 0.250 e. The van der Waals surface area contributed by atoms with Crippen LogP contribution in [0.3, 0.4) is 0 Å². The van der Waals surface area contributed by atoms with E-state index < -0.39 is 0 Å². The number of ether oxygens (including phenoxy) is 3. The van der Waals surface area contributed by atoms with Crippen LogP contribution in [0.15, 0.2) is 52.0 Å². The molecule has 0 bridgehead atoms. The number of benzene rings is 2. The van der Waals surface area contributed by atoms with Crippen molar-refractivity contribution in [2.75, 3.05) is 56.2 Å². The zero-order valence-electron chi connectivity index (χ0n) is 18.3. The highest BCUT2D eigenvalue weighted by atomic mass is 79.9. The Morgan fingerprint density at radius 2 is 1.79 bits per heavy atom. The fraction of sp³-hybridized carbons (Fsp3) is 0.273. The van der Waals surface area contributed by atoms with Gasteiger partial charge in [0.05, 0.1) is 33.6 Å². The molecule has 3 aromatic rings. The van der Waals surface area contributed by atoms with E-state index in [1.165, 1.54) is 0 Å². The molecule has 33 heavy (non-hydrogen) atoms. The molecule has 172 valence electrons. The van der Waals surface area contributed by atoms with Crippen molar-refractivity contribution in [2.24, 2.45) is 5.10 Å². The quantitative estimate of drug-likeness (QED) is 0.344. The van der Waals surface area contributed by atoms with Gasteiger partial charge in [-0.1, -0.05) is 22.0 Å². The summed E-state index contributed by atoms with van der Waals surface area (Å²) in [6, 6.07) is 13.3. The molecule has 1 aliphatic heterocycles. The first-order chi connectivity index (χ1) is 16.1. The summed E-state index contributed by atoms with van der Waals surface area (Å²) in [4.78, 5) is 15.7. The summed E-state index contributed by atoms with van der Waals surface area (Å²) in [5.41, 5.74) is 4.58. The number of halogens is 1. The molecule has 1 aromatic heterocycles. The summed E-state index contributed by atoms with van der Waals surface area (Å²) in [6.45, 7) is 2.66. The summed E-state index contributed by atoms with van der Waals surface area (Å²) in [5, 5.41) is 7.52. The first-order valence-electron chi connectivity index (χ1n) is 10.3. The predicted octanol–water partition coefficient (Wildman–Crippen LogP) is 3.68. The second-order valence-corrected chi connectivity index (χ2v) is 7.92. The topological polar surface area (TPSA) is 106 Å². The minimum absolute atomic E-state index is 0.320. The molecule has 1 saturated heterocycles. The Morgan fingerprint density at radius 3 is 2.55 bits per heavy atom. The molecule has 0 atom stereocenters. The normalized spacial score (nSPS) is 13.7. The van der Waals surface area contributed by atoms with Gasteiger partial charge < -0.3 is 24.4 Å². The molecule has 0 radical (unpaired) electrons. The number of morpholine rings is 1. The van der Waals surface area contributed by atoms with Crippen LogP contribution in [-0.2, 0) is 4.74 Å². The van der Waals surface area contributed by atoms with Crippen LogP contribution in [0.25, 0.3) is 0 Å². The van der Waals surface area contributed by atoms with Crippen molar-refractivity contribution in [3.63, 3.8) is 0 Å². The molecule has 4 rings (SSSR count). The van der Waals surface area contributed by atoms with Crippen LogP contribution in [0.4, 0.5) is 23.5 Å². The van der Waals surface area contributed by atoms with Gasteiger partial charge in [0.25, 0.3) is 0 Å². The van der Waals surface area contributed by atoms with Crippen molar-refractivity contribution < 1.29 is 14.2 Å².